The molecular formula is C19H18ClNO3. The van der Waals surface area contributed by atoms with Crippen LogP contribution in [-0.2, 0) is 16.0 Å². The molecule has 2 aromatic rings. The van der Waals surface area contributed by atoms with Gasteiger partial charge >= 0.3 is 5.97 Å². The third-order valence-corrected chi connectivity index (χ3v) is 3.60. The lowest BCUT2D eigenvalue weighted by Gasteiger charge is -2.03. The van der Waals surface area contributed by atoms with Crippen molar-refractivity contribution < 1.29 is 14.3 Å². The second-order valence-electron chi connectivity index (χ2n) is 5.12. The van der Waals surface area contributed by atoms with E-state index in [0.29, 0.717) is 23.6 Å². The van der Waals surface area contributed by atoms with Crippen molar-refractivity contribution in [3.8, 4) is 0 Å². The fourth-order valence-corrected chi connectivity index (χ4v) is 2.31. The van der Waals surface area contributed by atoms with Crippen LogP contribution < -0.4 is 5.32 Å². The van der Waals surface area contributed by atoms with Crippen molar-refractivity contribution in [1.29, 1.82) is 0 Å². The fourth-order valence-electron chi connectivity index (χ4n) is 2.10. The summed E-state index contributed by atoms with van der Waals surface area (Å²) in [5.74, 6) is -0.557. The molecule has 2 rings (SSSR count). The van der Waals surface area contributed by atoms with Crippen LogP contribution in [0.3, 0.4) is 0 Å². The van der Waals surface area contributed by atoms with Gasteiger partial charge in [-0.25, -0.2) is 4.79 Å². The van der Waals surface area contributed by atoms with E-state index < -0.39 is 0 Å². The molecule has 0 atom stereocenters. The van der Waals surface area contributed by atoms with Crippen LogP contribution in [0.2, 0.25) is 5.02 Å². The molecule has 0 unspecified atom stereocenters. The SMILES string of the molecule is COC(=O)c1ccc(/C=C/C(=O)NCCc2cccc(Cl)c2)cc1. The monoisotopic (exact) mass is 343 g/mol. The largest absolute Gasteiger partial charge is 0.465 e. The van der Waals surface area contributed by atoms with Gasteiger partial charge in [-0.3, -0.25) is 4.79 Å². The van der Waals surface area contributed by atoms with E-state index >= 15 is 0 Å². The summed E-state index contributed by atoms with van der Waals surface area (Å²) in [5.41, 5.74) is 2.37. The summed E-state index contributed by atoms with van der Waals surface area (Å²) in [6, 6.07) is 14.4. The molecular weight excluding hydrogens is 326 g/mol. The molecule has 4 nitrogen and oxygen atoms in total. The number of rotatable bonds is 6. The Morgan fingerprint density at radius 1 is 1.17 bits per heavy atom. The lowest BCUT2D eigenvalue weighted by atomic mass is 10.1. The average Bonchev–Trinajstić information content (AvgIpc) is 2.60. The number of carbonyl (C=O) groups excluding carboxylic acids is 2. The molecule has 0 aliphatic carbocycles. The molecule has 0 spiro atoms. The maximum atomic E-state index is 11.8. The molecule has 2 aromatic carbocycles. The molecule has 0 aromatic heterocycles. The normalized spacial score (nSPS) is 10.6. The van der Waals surface area contributed by atoms with E-state index in [2.05, 4.69) is 10.1 Å². The number of carbonyl (C=O) groups is 2. The number of hydrogen-bond donors (Lipinski definition) is 1. The first-order chi connectivity index (χ1) is 11.6. The number of benzene rings is 2. The first-order valence-electron chi connectivity index (χ1n) is 7.47. The lowest BCUT2D eigenvalue weighted by molar-refractivity contribution is -0.116. The van der Waals surface area contributed by atoms with Crippen molar-refractivity contribution in [3.63, 3.8) is 0 Å². The molecule has 0 fully saturated rings. The second kappa shape index (κ2) is 8.89. The highest BCUT2D eigenvalue weighted by atomic mass is 35.5. The van der Waals surface area contributed by atoms with E-state index in [9.17, 15) is 9.59 Å². The zero-order valence-corrected chi connectivity index (χ0v) is 14.0. The average molecular weight is 344 g/mol. The standard InChI is InChI=1S/C19H18ClNO3/c1-24-19(23)16-8-5-14(6-9-16)7-10-18(22)21-12-11-15-3-2-4-17(20)13-15/h2-10,13H,11-12H2,1H3,(H,21,22)/b10-7+. The van der Waals surface area contributed by atoms with Crippen LogP contribution in [0.4, 0.5) is 0 Å². The molecule has 0 aliphatic heterocycles. The zero-order chi connectivity index (χ0) is 17.4. The molecule has 0 heterocycles. The Morgan fingerprint density at radius 2 is 1.92 bits per heavy atom. The Hall–Kier alpha value is -2.59. The molecule has 24 heavy (non-hydrogen) atoms. The molecule has 0 bridgehead atoms. The van der Waals surface area contributed by atoms with Crippen LogP contribution in [0.25, 0.3) is 6.08 Å². The summed E-state index contributed by atoms with van der Waals surface area (Å²) in [6.07, 6.45) is 3.87. The maximum Gasteiger partial charge on any atom is 0.337 e. The Balaban J connectivity index is 1.81. The number of esters is 1. The second-order valence-corrected chi connectivity index (χ2v) is 5.55. The van der Waals surface area contributed by atoms with Gasteiger partial charge in [0.2, 0.25) is 5.91 Å². The van der Waals surface area contributed by atoms with Crippen LogP contribution in [0.5, 0.6) is 0 Å². The Labute approximate surface area is 146 Å². The lowest BCUT2D eigenvalue weighted by Crippen LogP contribution is -2.23. The maximum absolute atomic E-state index is 11.8. The van der Waals surface area contributed by atoms with Crippen LogP contribution in [0.15, 0.2) is 54.6 Å². The first-order valence-corrected chi connectivity index (χ1v) is 7.85. The number of nitrogens with one attached hydrogen (secondary N) is 1. The third-order valence-electron chi connectivity index (χ3n) is 3.36. The van der Waals surface area contributed by atoms with E-state index in [1.54, 1.807) is 30.3 Å². The van der Waals surface area contributed by atoms with E-state index in [0.717, 1.165) is 11.1 Å². The summed E-state index contributed by atoms with van der Waals surface area (Å²) >= 11 is 5.92. The predicted molar refractivity (Wildman–Crippen MR) is 95.0 cm³/mol. The van der Waals surface area contributed by atoms with Gasteiger partial charge in [0.1, 0.15) is 0 Å². The molecule has 124 valence electrons. The van der Waals surface area contributed by atoms with E-state index in [1.165, 1.54) is 13.2 Å². The van der Waals surface area contributed by atoms with Gasteiger partial charge in [0.05, 0.1) is 12.7 Å². The van der Waals surface area contributed by atoms with Gasteiger partial charge in [-0.2, -0.15) is 0 Å². The zero-order valence-electron chi connectivity index (χ0n) is 13.3. The highest BCUT2D eigenvalue weighted by molar-refractivity contribution is 6.30. The van der Waals surface area contributed by atoms with Gasteiger partial charge in [-0.1, -0.05) is 35.9 Å². The number of hydrogen-bond acceptors (Lipinski definition) is 3. The van der Waals surface area contributed by atoms with Crippen molar-refractivity contribution in [1.82, 2.24) is 5.32 Å². The van der Waals surface area contributed by atoms with Crippen LogP contribution in [-0.4, -0.2) is 25.5 Å². The molecule has 5 heteroatoms. The minimum Gasteiger partial charge on any atom is -0.465 e. The molecule has 0 aliphatic rings. The predicted octanol–water partition coefficient (Wildman–Crippen LogP) is 3.50. The summed E-state index contributed by atoms with van der Waals surface area (Å²) in [7, 11) is 1.34. The smallest absolute Gasteiger partial charge is 0.337 e. The van der Waals surface area contributed by atoms with Crippen molar-refractivity contribution in [3.05, 3.63) is 76.3 Å². The Bertz CT molecular complexity index is 739. The van der Waals surface area contributed by atoms with E-state index in [4.69, 9.17) is 11.6 Å². The highest BCUT2D eigenvalue weighted by Crippen LogP contribution is 2.10. The van der Waals surface area contributed by atoms with E-state index in [-0.39, 0.29) is 11.9 Å². The first kappa shape index (κ1) is 17.8. The van der Waals surface area contributed by atoms with Gasteiger partial charge < -0.3 is 10.1 Å². The Morgan fingerprint density at radius 3 is 2.58 bits per heavy atom. The van der Waals surface area contributed by atoms with Crippen LogP contribution >= 0.6 is 11.6 Å². The minimum atomic E-state index is -0.385. The summed E-state index contributed by atoms with van der Waals surface area (Å²) < 4.78 is 4.63. The third kappa shape index (κ3) is 5.56. The van der Waals surface area contributed by atoms with Gasteiger partial charge in [-0.05, 0) is 47.9 Å². The number of methoxy groups -OCH3 is 1. The summed E-state index contributed by atoms with van der Waals surface area (Å²) in [6.45, 7) is 0.533. The van der Waals surface area contributed by atoms with Crippen molar-refractivity contribution >= 4 is 29.6 Å². The number of ether oxygens (including phenoxy) is 1. The minimum absolute atomic E-state index is 0.172. The van der Waals surface area contributed by atoms with Crippen LogP contribution in [0.1, 0.15) is 21.5 Å². The molecule has 0 saturated heterocycles. The van der Waals surface area contributed by atoms with Crippen molar-refractivity contribution in [2.45, 2.75) is 6.42 Å². The topological polar surface area (TPSA) is 55.4 Å². The molecule has 1 amide bonds. The molecule has 0 radical (unpaired) electrons. The number of halogens is 1. The highest BCUT2D eigenvalue weighted by Gasteiger charge is 2.03. The number of amides is 1. The van der Waals surface area contributed by atoms with Crippen molar-refractivity contribution in [2.75, 3.05) is 13.7 Å². The van der Waals surface area contributed by atoms with Gasteiger partial charge in [0.25, 0.3) is 0 Å². The Kier molecular flexibility index (Phi) is 6.58. The summed E-state index contributed by atoms with van der Waals surface area (Å²) in [5, 5.41) is 3.51. The van der Waals surface area contributed by atoms with E-state index in [1.807, 2.05) is 24.3 Å². The fraction of sp³-hybridized carbons (Fsp3) is 0.158. The van der Waals surface area contributed by atoms with Gasteiger partial charge in [0, 0.05) is 17.6 Å². The van der Waals surface area contributed by atoms with Gasteiger partial charge in [-0.15, -0.1) is 0 Å². The van der Waals surface area contributed by atoms with Gasteiger partial charge in [0.15, 0.2) is 0 Å². The van der Waals surface area contributed by atoms with Crippen LogP contribution in [0, 0.1) is 0 Å². The summed E-state index contributed by atoms with van der Waals surface area (Å²) in [4.78, 5) is 23.1. The van der Waals surface area contributed by atoms with Crippen molar-refractivity contribution in [2.24, 2.45) is 0 Å². The molecule has 1 N–H and O–H groups in total. The molecule has 0 saturated carbocycles. The quantitative estimate of drug-likeness (QED) is 0.645.